The Morgan fingerprint density at radius 2 is 1.82 bits per heavy atom. The molecule has 38 heavy (non-hydrogen) atoms. The molecular weight excluding hydrogens is 490 g/mol. The van der Waals surface area contributed by atoms with E-state index in [4.69, 9.17) is 13.9 Å². The summed E-state index contributed by atoms with van der Waals surface area (Å²) < 4.78 is 18.1. The first-order valence-corrected chi connectivity index (χ1v) is 12.3. The van der Waals surface area contributed by atoms with Gasteiger partial charge in [-0.2, -0.15) is 5.10 Å². The zero-order valence-corrected chi connectivity index (χ0v) is 20.7. The highest BCUT2D eigenvalue weighted by atomic mass is 16.7. The SMILES string of the molecule is Cc1ccc(-c2cc(C(=O)N3CCN(Cc4ccc5c(c4)OCO5)CC3)n(-c3cccc([N+](=O)[O-])c3)n2)o1. The molecule has 0 radical (unpaired) electrons. The lowest BCUT2D eigenvalue weighted by atomic mass is 10.1. The Balaban J connectivity index is 1.22. The van der Waals surface area contributed by atoms with E-state index in [0.717, 1.165) is 29.4 Å². The first kappa shape index (κ1) is 23.7. The van der Waals surface area contributed by atoms with Crippen molar-refractivity contribution >= 4 is 11.6 Å². The smallest absolute Gasteiger partial charge is 0.272 e. The number of carbonyl (C=O) groups is 1. The summed E-state index contributed by atoms with van der Waals surface area (Å²) in [5, 5.41) is 16.0. The van der Waals surface area contributed by atoms with Gasteiger partial charge in [-0.15, -0.1) is 0 Å². The molecule has 2 aliphatic heterocycles. The maximum atomic E-state index is 13.7. The van der Waals surface area contributed by atoms with Crippen LogP contribution in [0.15, 0.2) is 65.1 Å². The summed E-state index contributed by atoms with van der Waals surface area (Å²) >= 11 is 0. The number of nitro groups is 1. The van der Waals surface area contributed by atoms with E-state index in [2.05, 4.69) is 10.00 Å². The van der Waals surface area contributed by atoms with Gasteiger partial charge in [0.05, 0.1) is 10.6 Å². The normalized spacial score (nSPS) is 15.1. The molecule has 2 aromatic carbocycles. The summed E-state index contributed by atoms with van der Waals surface area (Å²) in [5.41, 5.74) is 2.27. The summed E-state index contributed by atoms with van der Waals surface area (Å²) in [4.78, 5) is 28.7. The van der Waals surface area contributed by atoms with E-state index in [1.807, 2.05) is 31.2 Å². The fraction of sp³-hybridized carbons (Fsp3) is 0.259. The number of hydrogen-bond acceptors (Lipinski definition) is 8. The van der Waals surface area contributed by atoms with Gasteiger partial charge in [0.1, 0.15) is 17.1 Å². The van der Waals surface area contributed by atoms with Crippen LogP contribution >= 0.6 is 0 Å². The highest BCUT2D eigenvalue weighted by Crippen LogP contribution is 2.33. The number of nitro benzene ring substituents is 1. The summed E-state index contributed by atoms with van der Waals surface area (Å²) in [5.74, 6) is 2.56. The maximum absolute atomic E-state index is 13.7. The fourth-order valence-electron chi connectivity index (χ4n) is 4.73. The first-order chi connectivity index (χ1) is 18.4. The molecule has 1 saturated heterocycles. The second-order valence-corrected chi connectivity index (χ2v) is 9.27. The van der Waals surface area contributed by atoms with Crippen molar-refractivity contribution in [2.24, 2.45) is 0 Å². The van der Waals surface area contributed by atoms with Crippen molar-refractivity contribution in [2.45, 2.75) is 13.5 Å². The van der Waals surface area contributed by atoms with Gasteiger partial charge in [0, 0.05) is 50.9 Å². The highest BCUT2D eigenvalue weighted by Gasteiger charge is 2.27. The average Bonchev–Trinajstić information content (AvgIpc) is 3.68. The largest absolute Gasteiger partial charge is 0.460 e. The molecule has 6 rings (SSSR count). The highest BCUT2D eigenvalue weighted by molar-refractivity contribution is 5.94. The van der Waals surface area contributed by atoms with Crippen molar-refractivity contribution in [2.75, 3.05) is 33.0 Å². The summed E-state index contributed by atoms with van der Waals surface area (Å²) in [6.45, 7) is 5.30. The molecule has 0 saturated carbocycles. The number of rotatable bonds is 6. The van der Waals surface area contributed by atoms with Gasteiger partial charge in [-0.3, -0.25) is 19.8 Å². The molecule has 194 valence electrons. The number of amides is 1. The quantitative estimate of drug-likeness (QED) is 0.279. The maximum Gasteiger partial charge on any atom is 0.272 e. The lowest BCUT2D eigenvalue weighted by molar-refractivity contribution is -0.384. The second kappa shape index (κ2) is 9.67. The van der Waals surface area contributed by atoms with Crippen LogP contribution in [0.25, 0.3) is 17.1 Å². The molecule has 4 aromatic rings. The van der Waals surface area contributed by atoms with E-state index in [0.29, 0.717) is 49.0 Å². The third kappa shape index (κ3) is 4.59. The molecule has 0 N–H and O–H groups in total. The van der Waals surface area contributed by atoms with Gasteiger partial charge < -0.3 is 18.8 Å². The van der Waals surface area contributed by atoms with E-state index in [9.17, 15) is 14.9 Å². The number of aromatic nitrogens is 2. The van der Waals surface area contributed by atoms with Crippen molar-refractivity contribution in [1.82, 2.24) is 19.6 Å². The number of aryl methyl sites for hydroxylation is 1. The van der Waals surface area contributed by atoms with E-state index in [1.165, 1.54) is 16.8 Å². The third-order valence-corrected chi connectivity index (χ3v) is 6.71. The number of nitrogens with zero attached hydrogens (tertiary/aromatic N) is 5. The summed E-state index contributed by atoms with van der Waals surface area (Å²) in [6.07, 6.45) is 0. The topological polar surface area (TPSA) is 116 Å². The van der Waals surface area contributed by atoms with Crippen LogP contribution in [0, 0.1) is 17.0 Å². The number of hydrogen-bond donors (Lipinski definition) is 0. The van der Waals surface area contributed by atoms with E-state index < -0.39 is 4.92 Å². The zero-order valence-electron chi connectivity index (χ0n) is 20.7. The van der Waals surface area contributed by atoms with Crippen LogP contribution in [-0.2, 0) is 6.54 Å². The number of non-ortho nitro benzene ring substituents is 1. The fourth-order valence-corrected chi connectivity index (χ4v) is 4.73. The summed E-state index contributed by atoms with van der Waals surface area (Å²) in [7, 11) is 0. The molecule has 0 aliphatic carbocycles. The standard InChI is InChI=1S/C27H25N5O6/c1-18-5-7-24(38-18)22-15-23(31(28-22)20-3-2-4-21(14-20)32(34)35)27(33)30-11-9-29(10-12-30)16-19-6-8-25-26(13-19)37-17-36-25/h2-8,13-15H,9-12,16-17H2,1H3. The molecule has 2 aromatic heterocycles. The predicted molar refractivity (Wildman–Crippen MR) is 136 cm³/mol. The minimum atomic E-state index is -0.468. The van der Waals surface area contributed by atoms with Gasteiger partial charge in [0.2, 0.25) is 6.79 Å². The molecule has 11 nitrogen and oxygen atoms in total. The van der Waals surface area contributed by atoms with E-state index >= 15 is 0 Å². The molecule has 4 heterocycles. The lowest BCUT2D eigenvalue weighted by Crippen LogP contribution is -2.48. The number of ether oxygens (including phenoxy) is 2. The van der Waals surface area contributed by atoms with Crippen LogP contribution in [-0.4, -0.2) is 63.4 Å². The lowest BCUT2D eigenvalue weighted by Gasteiger charge is -2.34. The zero-order chi connectivity index (χ0) is 26.2. The van der Waals surface area contributed by atoms with Crippen LogP contribution in [0.3, 0.4) is 0 Å². The van der Waals surface area contributed by atoms with Gasteiger partial charge in [-0.25, -0.2) is 4.68 Å². The van der Waals surface area contributed by atoms with Crippen molar-refractivity contribution < 1.29 is 23.6 Å². The molecule has 0 unspecified atom stereocenters. The molecule has 1 fully saturated rings. The number of furan rings is 1. The Kier molecular flexibility index (Phi) is 6.04. The number of fused-ring (bicyclic) bond motifs is 1. The molecule has 0 spiro atoms. The van der Waals surface area contributed by atoms with Gasteiger partial charge in [-0.1, -0.05) is 12.1 Å². The Hall–Kier alpha value is -4.64. The summed E-state index contributed by atoms with van der Waals surface area (Å²) in [6, 6.07) is 17.3. The van der Waals surface area contributed by atoms with E-state index in [1.54, 1.807) is 29.2 Å². The van der Waals surface area contributed by atoms with Crippen molar-refractivity contribution in [3.8, 4) is 28.6 Å². The second-order valence-electron chi connectivity index (χ2n) is 9.27. The monoisotopic (exact) mass is 515 g/mol. The van der Waals surface area contributed by atoms with E-state index in [-0.39, 0.29) is 18.4 Å². The van der Waals surface area contributed by atoms with Crippen LogP contribution in [0.1, 0.15) is 21.8 Å². The van der Waals surface area contributed by atoms with Crippen LogP contribution in [0.2, 0.25) is 0 Å². The first-order valence-electron chi connectivity index (χ1n) is 12.3. The van der Waals surface area contributed by atoms with Crippen molar-refractivity contribution in [1.29, 1.82) is 0 Å². The molecule has 0 bridgehead atoms. The molecule has 1 amide bonds. The number of carbonyl (C=O) groups excluding carboxylic acids is 1. The van der Waals surface area contributed by atoms with Crippen LogP contribution in [0.4, 0.5) is 5.69 Å². The average molecular weight is 516 g/mol. The van der Waals surface area contributed by atoms with Crippen molar-refractivity contribution in [3.63, 3.8) is 0 Å². The molecule has 0 atom stereocenters. The Morgan fingerprint density at radius 1 is 1.00 bits per heavy atom. The van der Waals surface area contributed by atoms with Crippen LogP contribution < -0.4 is 9.47 Å². The minimum absolute atomic E-state index is 0.0797. The molecule has 11 heteroatoms. The number of benzene rings is 2. The van der Waals surface area contributed by atoms with Gasteiger partial charge in [0.15, 0.2) is 17.3 Å². The predicted octanol–water partition coefficient (Wildman–Crippen LogP) is 4.04. The van der Waals surface area contributed by atoms with Crippen LogP contribution in [0.5, 0.6) is 11.5 Å². The Morgan fingerprint density at radius 3 is 2.58 bits per heavy atom. The van der Waals surface area contributed by atoms with Gasteiger partial charge in [0.25, 0.3) is 11.6 Å². The number of piperazine rings is 1. The third-order valence-electron chi connectivity index (χ3n) is 6.71. The molecular formula is C27H25N5O6. The van der Waals surface area contributed by atoms with Gasteiger partial charge in [-0.05, 0) is 42.8 Å². The van der Waals surface area contributed by atoms with Crippen molar-refractivity contribution in [3.05, 3.63) is 87.8 Å². The Bertz CT molecular complexity index is 1520. The molecule has 2 aliphatic rings. The minimum Gasteiger partial charge on any atom is -0.460 e. The Labute approximate surface area is 217 Å². The van der Waals surface area contributed by atoms with Gasteiger partial charge >= 0.3 is 0 Å².